The maximum atomic E-state index is 11.1. The topological polar surface area (TPSA) is 43.8 Å². The Kier molecular flexibility index (Phi) is 4.72. The maximum Gasteiger partial charge on any atom is 0.345 e. The van der Waals surface area contributed by atoms with Gasteiger partial charge in [0.25, 0.3) is 0 Å². The van der Waals surface area contributed by atoms with Crippen molar-refractivity contribution in [2.24, 2.45) is 0 Å². The van der Waals surface area contributed by atoms with Crippen molar-refractivity contribution in [3.8, 4) is 0 Å². The number of carboxylic acids is 1. The first-order chi connectivity index (χ1) is 11.7. The van der Waals surface area contributed by atoms with Gasteiger partial charge in [-0.3, -0.25) is 9.80 Å². The van der Waals surface area contributed by atoms with E-state index in [-0.39, 0.29) is 0 Å². The number of rotatable bonds is 5. The fraction of sp³-hybridized carbons (Fsp3) is 0.500. The molecule has 0 saturated carbocycles. The molecule has 1 fully saturated rings. The Morgan fingerprint density at radius 2 is 1.96 bits per heavy atom. The number of thiophene rings is 2. The highest BCUT2D eigenvalue weighted by molar-refractivity contribution is 7.14. The van der Waals surface area contributed by atoms with E-state index in [1.54, 1.807) is 0 Å². The molecule has 2 aliphatic rings. The van der Waals surface area contributed by atoms with Gasteiger partial charge >= 0.3 is 5.97 Å². The molecule has 4 nitrogen and oxygen atoms in total. The van der Waals surface area contributed by atoms with Crippen LogP contribution in [0.4, 0.5) is 0 Å². The van der Waals surface area contributed by atoms with Gasteiger partial charge in [-0.15, -0.1) is 22.7 Å². The van der Waals surface area contributed by atoms with E-state index in [2.05, 4.69) is 21.2 Å². The maximum absolute atomic E-state index is 11.1. The molecule has 0 spiro atoms. The first-order valence-electron chi connectivity index (χ1n) is 8.53. The average Bonchev–Trinajstić information content (AvgIpc) is 3.28. The van der Waals surface area contributed by atoms with E-state index in [1.807, 2.05) is 17.4 Å². The molecule has 0 unspecified atom stereocenters. The number of nitrogens with zero attached hydrogens (tertiary/aromatic N) is 2. The number of carboxylic acid groups (broad SMARTS) is 1. The van der Waals surface area contributed by atoms with Crippen LogP contribution in [0.15, 0.2) is 17.5 Å². The van der Waals surface area contributed by atoms with E-state index < -0.39 is 5.97 Å². The molecule has 2 aromatic rings. The van der Waals surface area contributed by atoms with E-state index in [1.165, 1.54) is 58.1 Å². The van der Waals surface area contributed by atoms with E-state index in [9.17, 15) is 4.79 Å². The van der Waals surface area contributed by atoms with E-state index in [4.69, 9.17) is 5.11 Å². The number of likely N-dealkylation sites (tertiary alicyclic amines) is 1. The average molecular weight is 363 g/mol. The molecule has 128 valence electrons. The van der Waals surface area contributed by atoms with Crippen molar-refractivity contribution in [2.75, 3.05) is 19.6 Å². The van der Waals surface area contributed by atoms with Crippen LogP contribution in [-0.2, 0) is 26.1 Å². The first-order valence-corrected chi connectivity index (χ1v) is 10.2. The number of carbonyl (C=O) groups is 1. The number of fused-ring (bicyclic) bond motifs is 1. The zero-order chi connectivity index (χ0) is 16.5. The predicted octanol–water partition coefficient (Wildman–Crippen LogP) is 3.66. The lowest BCUT2D eigenvalue weighted by atomic mass is 10.1. The molecule has 4 heterocycles. The summed E-state index contributed by atoms with van der Waals surface area (Å²) in [6, 6.07) is 4.22. The predicted molar refractivity (Wildman–Crippen MR) is 97.9 cm³/mol. The highest BCUT2D eigenvalue weighted by Gasteiger charge is 2.21. The van der Waals surface area contributed by atoms with Crippen molar-refractivity contribution in [1.82, 2.24) is 9.80 Å². The van der Waals surface area contributed by atoms with Crippen LogP contribution < -0.4 is 0 Å². The zero-order valence-electron chi connectivity index (χ0n) is 13.7. The summed E-state index contributed by atoms with van der Waals surface area (Å²) in [4.78, 5) is 19.3. The molecule has 0 aliphatic carbocycles. The number of aromatic carboxylic acids is 1. The second kappa shape index (κ2) is 6.96. The Hall–Kier alpha value is -1.21. The fourth-order valence-electron chi connectivity index (χ4n) is 3.64. The van der Waals surface area contributed by atoms with Gasteiger partial charge in [-0.25, -0.2) is 4.79 Å². The third kappa shape index (κ3) is 3.57. The van der Waals surface area contributed by atoms with Crippen molar-refractivity contribution in [3.05, 3.63) is 43.3 Å². The number of hydrogen-bond donors (Lipinski definition) is 1. The second-order valence-corrected chi connectivity index (χ2v) is 8.86. The Bertz CT molecular complexity index is 731. The van der Waals surface area contributed by atoms with Gasteiger partial charge in [-0.1, -0.05) is 0 Å². The zero-order valence-corrected chi connectivity index (χ0v) is 15.3. The molecule has 2 aliphatic heterocycles. The lowest BCUT2D eigenvalue weighted by Gasteiger charge is -2.26. The highest BCUT2D eigenvalue weighted by atomic mass is 32.1. The highest BCUT2D eigenvalue weighted by Crippen LogP contribution is 2.29. The normalized spacial score (nSPS) is 18.8. The summed E-state index contributed by atoms with van der Waals surface area (Å²) in [6.07, 6.45) is 3.65. The van der Waals surface area contributed by atoms with Crippen LogP contribution in [-0.4, -0.2) is 40.5 Å². The molecule has 1 N–H and O–H groups in total. The minimum atomic E-state index is -0.800. The van der Waals surface area contributed by atoms with Crippen molar-refractivity contribution in [2.45, 2.75) is 38.9 Å². The third-order valence-corrected chi connectivity index (χ3v) is 7.04. The molecule has 0 bridgehead atoms. The van der Waals surface area contributed by atoms with E-state index in [0.717, 1.165) is 32.6 Å². The van der Waals surface area contributed by atoms with Crippen LogP contribution in [0.2, 0.25) is 0 Å². The summed E-state index contributed by atoms with van der Waals surface area (Å²) in [5.74, 6) is -0.800. The van der Waals surface area contributed by atoms with Gasteiger partial charge in [0.05, 0.1) is 0 Å². The summed E-state index contributed by atoms with van der Waals surface area (Å²) in [7, 11) is 0. The third-order valence-electron chi connectivity index (χ3n) is 4.85. The quantitative estimate of drug-likeness (QED) is 0.881. The molecule has 0 aromatic carbocycles. The Labute approximate surface area is 150 Å². The Balaban J connectivity index is 1.37. The van der Waals surface area contributed by atoms with Gasteiger partial charge in [0.1, 0.15) is 4.88 Å². The van der Waals surface area contributed by atoms with Crippen molar-refractivity contribution in [3.63, 3.8) is 0 Å². The van der Waals surface area contributed by atoms with Crippen LogP contribution in [0.3, 0.4) is 0 Å². The SMILES string of the molecule is O=C(O)c1cc2c(s1)CCN(Cc1cc(CN3CCCC3)cs1)C2. The summed E-state index contributed by atoms with van der Waals surface area (Å²) in [6.45, 7) is 6.44. The van der Waals surface area contributed by atoms with Gasteiger partial charge in [-0.05, 0) is 61.0 Å². The fourth-order valence-corrected chi connectivity index (χ4v) is 5.57. The van der Waals surface area contributed by atoms with E-state index >= 15 is 0 Å². The van der Waals surface area contributed by atoms with Crippen LogP contribution in [0.25, 0.3) is 0 Å². The molecule has 24 heavy (non-hydrogen) atoms. The molecule has 0 amide bonds. The second-order valence-electron chi connectivity index (χ2n) is 6.73. The molecular formula is C18H22N2O2S2. The minimum Gasteiger partial charge on any atom is -0.477 e. The van der Waals surface area contributed by atoms with Crippen LogP contribution >= 0.6 is 22.7 Å². The Morgan fingerprint density at radius 3 is 2.75 bits per heavy atom. The van der Waals surface area contributed by atoms with Crippen molar-refractivity contribution < 1.29 is 9.90 Å². The van der Waals surface area contributed by atoms with Gasteiger partial charge in [-0.2, -0.15) is 0 Å². The Morgan fingerprint density at radius 1 is 1.12 bits per heavy atom. The molecule has 0 atom stereocenters. The molecule has 2 aromatic heterocycles. The standard InChI is InChI=1S/C18H22N2O2S2/c21-18(22)17-8-14-10-20(6-3-16(14)24-17)11-15-7-13(12-23-15)9-19-4-1-2-5-19/h7-8,12H,1-6,9-11H2,(H,21,22). The minimum absolute atomic E-state index is 0.478. The summed E-state index contributed by atoms with van der Waals surface area (Å²) < 4.78 is 0. The van der Waals surface area contributed by atoms with Gasteiger partial charge in [0, 0.05) is 35.9 Å². The first kappa shape index (κ1) is 16.3. The molecule has 4 rings (SSSR count). The molecular weight excluding hydrogens is 340 g/mol. The molecule has 0 radical (unpaired) electrons. The smallest absolute Gasteiger partial charge is 0.345 e. The molecule has 6 heteroatoms. The summed E-state index contributed by atoms with van der Waals surface area (Å²) in [5, 5.41) is 11.5. The lowest BCUT2D eigenvalue weighted by Crippen LogP contribution is -2.28. The van der Waals surface area contributed by atoms with Gasteiger partial charge in [0.2, 0.25) is 0 Å². The summed E-state index contributed by atoms with van der Waals surface area (Å²) >= 11 is 3.30. The van der Waals surface area contributed by atoms with Gasteiger partial charge < -0.3 is 5.11 Å². The van der Waals surface area contributed by atoms with Crippen molar-refractivity contribution in [1.29, 1.82) is 0 Å². The monoisotopic (exact) mass is 362 g/mol. The molecule has 1 saturated heterocycles. The van der Waals surface area contributed by atoms with E-state index in [0.29, 0.717) is 4.88 Å². The summed E-state index contributed by atoms with van der Waals surface area (Å²) in [5.41, 5.74) is 2.65. The lowest BCUT2D eigenvalue weighted by molar-refractivity contribution is 0.0702. The van der Waals surface area contributed by atoms with Crippen LogP contribution in [0.5, 0.6) is 0 Å². The van der Waals surface area contributed by atoms with Crippen LogP contribution in [0, 0.1) is 0 Å². The number of hydrogen-bond acceptors (Lipinski definition) is 5. The van der Waals surface area contributed by atoms with Crippen molar-refractivity contribution >= 4 is 28.6 Å². The van der Waals surface area contributed by atoms with Crippen LogP contribution in [0.1, 0.15) is 43.4 Å². The largest absolute Gasteiger partial charge is 0.477 e. The van der Waals surface area contributed by atoms with Gasteiger partial charge in [0.15, 0.2) is 0 Å².